The van der Waals surface area contributed by atoms with E-state index in [0.29, 0.717) is 11.1 Å². The third kappa shape index (κ3) is 3.11. The van der Waals surface area contributed by atoms with Crippen molar-refractivity contribution in [1.82, 2.24) is 0 Å². The molecule has 0 bridgehead atoms. The molecular weight excluding hydrogens is 344 g/mol. The molecule has 0 heterocycles. The lowest BCUT2D eigenvalue weighted by Crippen LogP contribution is -2.26. The minimum Gasteiger partial charge on any atom is -0.507 e. The summed E-state index contributed by atoms with van der Waals surface area (Å²) >= 11 is 0. The van der Waals surface area contributed by atoms with E-state index in [2.05, 4.69) is 32.2 Å². The topological polar surface area (TPSA) is 40.5 Å². The van der Waals surface area contributed by atoms with Crippen LogP contribution in [0.5, 0.6) is 11.5 Å². The van der Waals surface area contributed by atoms with Gasteiger partial charge in [-0.1, -0.05) is 67.8 Å². The molecule has 0 aliphatic heterocycles. The van der Waals surface area contributed by atoms with Crippen LogP contribution in [0.3, 0.4) is 0 Å². The van der Waals surface area contributed by atoms with Crippen molar-refractivity contribution in [3.05, 3.63) is 107 Å². The third-order valence-corrected chi connectivity index (χ3v) is 5.61. The van der Waals surface area contributed by atoms with Gasteiger partial charge >= 0.3 is 0 Å². The maximum atomic E-state index is 10.4. The average molecular weight is 370 g/mol. The molecule has 0 amide bonds. The van der Waals surface area contributed by atoms with Gasteiger partial charge in [0.1, 0.15) is 11.5 Å². The van der Waals surface area contributed by atoms with Gasteiger partial charge in [0, 0.05) is 16.5 Å². The number of aromatic hydroxyl groups is 2. The second-order valence-electron chi connectivity index (χ2n) is 7.36. The molecule has 0 unspecified atom stereocenters. The van der Waals surface area contributed by atoms with Gasteiger partial charge in [-0.3, -0.25) is 0 Å². The highest BCUT2D eigenvalue weighted by atomic mass is 16.3. The van der Waals surface area contributed by atoms with Gasteiger partial charge in [0.15, 0.2) is 0 Å². The van der Waals surface area contributed by atoms with Gasteiger partial charge in [-0.25, -0.2) is 0 Å². The summed E-state index contributed by atoms with van der Waals surface area (Å²) in [6.07, 6.45) is 3.35. The predicted molar refractivity (Wildman–Crippen MR) is 118 cm³/mol. The fraction of sp³-hybridized carbons (Fsp3) is 0.154. The zero-order valence-corrected chi connectivity index (χ0v) is 16.7. The van der Waals surface area contributed by atoms with E-state index in [4.69, 9.17) is 0 Å². The van der Waals surface area contributed by atoms with Crippen LogP contribution in [0.15, 0.2) is 67.8 Å². The number of phenolic OH excluding ortho intramolecular Hbond substituents is 2. The van der Waals surface area contributed by atoms with E-state index in [9.17, 15) is 10.2 Å². The summed E-state index contributed by atoms with van der Waals surface area (Å²) in [6.45, 7) is 13.7. The summed E-state index contributed by atoms with van der Waals surface area (Å²) in [5.74, 6) is 0.505. The van der Waals surface area contributed by atoms with E-state index >= 15 is 0 Å². The minimum atomic E-state index is -0.492. The van der Waals surface area contributed by atoms with Crippen LogP contribution in [0.25, 0.3) is 12.2 Å². The first kappa shape index (κ1) is 19.5. The maximum Gasteiger partial charge on any atom is 0.125 e. The van der Waals surface area contributed by atoms with Crippen LogP contribution in [0.1, 0.15) is 45.9 Å². The van der Waals surface area contributed by atoms with Gasteiger partial charge in [0.25, 0.3) is 0 Å². The monoisotopic (exact) mass is 370 g/mol. The summed E-state index contributed by atoms with van der Waals surface area (Å²) in [7, 11) is 0. The maximum absolute atomic E-state index is 10.4. The number of phenols is 2. The molecule has 0 spiro atoms. The molecule has 2 heteroatoms. The first-order chi connectivity index (χ1) is 13.3. The molecule has 0 fully saturated rings. The van der Waals surface area contributed by atoms with Crippen LogP contribution in [0.2, 0.25) is 0 Å². The average Bonchev–Trinajstić information content (AvgIpc) is 2.71. The number of hydrogen-bond donors (Lipinski definition) is 2. The van der Waals surface area contributed by atoms with Crippen LogP contribution < -0.4 is 0 Å². The van der Waals surface area contributed by atoms with Gasteiger partial charge in [-0.05, 0) is 60.7 Å². The van der Waals surface area contributed by atoms with Crippen molar-refractivity contribution in [1.29, 1.82) is 0 Å². The smallest absolute Gasteiger partial charge is 0.125 e. The molecule has 3 rings (SSSR count). The lowest BCUT2D eigenvalue weighted by atomic mass is 9.69. The molecule has 0 aliphatic carbocycles. The first-order valence-electron chi connectivity index (χ1n) is 9.31. The zero-order chi connectivity index (χ0) is 20.5. The highest BCUT2D eigenvalue weighted by Gasteiger charge is 2.33. The summed E-state index contributed by atoms with van der Waals surface area (Å²) in [6, 6.07) is 18.3. The second kappa shape index (κ2) is 7.40. The highest BCUT2D eigenvalue weighted by Crippen LogP contribution is 2.43. The van der Waals surface area contributed by atoms with Crippen molar-refractivity contribution in [2.24, 2.45) is 0 Å². The van der Waals surface area contributed by atoms with Crippen LogP contribution >= 0.6 is 0 Å². The number of aryl methyl sites for hydroxylation is 2. The zero-order valence-electron chi connectivity index (χ0n) is 16.7. The Balaban J connectivity index is 2.39. The van der Waals surface area contributed by atoms with Crippen LogP contribution in [0, 0.1) is 13.8 Å². The second-order valence-corrected chi connectivity index (χ2v) is 7.36. The Kier molecular flexibility index (Phi) is 5.15. The molecule has 28 heavy (non-hydrogen) atoms. The van der Waals surface area contributed by atoms with E-state index in [1.165, 1.54) is 0 Å². The molecule has 2 N–H and O–H groups in total. The van der Waals surface area contributed by atoms with Crippen LogP contribution in [-0.4, -0.2) is 10.2 Å². The molecule has 3 aromatic carbocycles. The Morgan fingerprint density at radius 1 is 0.714 bits per heavy atom. The normalized spacial score (nSPS) is 11.2. The first-order valence-corrected chi connectivity index (χ1v) is 9.31. The molecule has 2 nitrogen and oxygen atoms in total. The lowest BCUT2D eigenvalue weighted by molar-refractivity contribution is 0.468. The molecular formula is C26H26O2. The Labute approximate surface area is 167 Å². The van der Waals surface area contributed by atoms with Gasteiger partial charge in [0.05, 0.1) is 0 Å². The van der Waals surface area contributed by atoms with E-state index in [-0.39, 0.29) is 11.5 Å². The van der Waals surface area contributed by atoms with Crippen molar-refractivity contribution in [3.8, 4) is 11.5 Å². The molecule has 142 valence electrons. The van der Waals surface area contributed by atoms with Crippen molar-refractivity contribution in [2.75, 3.05) is 0 Å². The summed E-state index contributed by atoms with van der Waals surface area (Å²) in [5.41, 5.74) is 5.73. The SMILES string of the molecule is C=Cc1cc(C(C)(c2ccccc2)c2cc(C)c(O)c(C=C)c2)cc(C)c1O. The number of benzene rings is 3. The number of hydrogen-bond acceptors (Lipinski definition) is 2. The van der Waals surface area contributed by atoms with E-state index in [1.54, 1.807) is 12.2 Å². The molecule has 0 atom stereocenters. The van der Waals surface area contributed by atoms with Crippen molar-refractivity contribution >= 4 is 12.2 Å². The molecule has 0 aliphatic rings. The van der Waals surface area contributed by atoms with E-state index in [0.717, 1.165) is 27.8 Å². The van der Waals surface area contributed by atoms with E-state index < -0.39 is 5.41 Å². The van der Waals surface area contributed by atoms with Crippen molar-refractivity contribution in [3.63, 3.8) is 0 Å². The molecule has 3 aromatic rings. The molecule has 0 saturated carbocycles. The lowest BCUT2D eigenvalue weighted by Gasteiger charge is -2.33. The predicted octanol–water partition coefficient (Wildman–Crippen LogP) is 6.35. The molecule has 0 aromatic heterocycles. The third-order valence-electron chi connectivity index (χ3n) is 5.61. The van der Waals surface area contributed by atoms with Crippen LogP contribution in [-0.2, 0) is 5.41 Å². The fourth-order valence-corrected chi connectivity index (χ4v) is 3.77. The Hall–Kier alpha value is -3.26. The summed E-state index contributed by atoms with van der Waals surface area (Å²) < 4.78 is 0. The summed E-state index contributed by atoms with van der Waals surface area (Å²) in [5, 5.41) is 20.7. The van der Waals surface area contributed by atoms with Gasteiger partial charge in [0.2, 0.25) is 0 Å². The fourth-order valence-electron chi connectivity index (χ4n) is 3.77. The van der Waals surface area contributed by atoms with Gasteiger partial charge in [-0.15, -0.1) is 0 Å². The van der Waals surface area contributed by atoms with Crippen LogP contribution in [0.4, 0.5) is 0 Å². The van der Waals surface area contributed by atoms with E-state index in [1.807, 2.05) is 56.3 Å². The van der Waals surface area contributed by atoms with Gasteiger partial charge in [-0.2, -0.15) is 0 Å². The minimum absolute atomic E-state index is 0.253. The highest BCUT2D eigenvalue weighted by molar-refractivity contribution is 5.65. The molecule has 0 radical (unpaired) electrons. The molecule has 0 saturated heterocycles. The largest absolute Gasteiger partial charge is 0.507 e. The van der Waals surface area contributed by atoms with Crippen molar-refractivity contribution in [2.45, 2.75) is 26.2 Å². The standard InChI is InChI=1S/C26H26O2/c1-6-19-15-22(13-17(3)24(19)27)26(5,21-11-9-8-10-12-21)23-14-18(4)25(28)20(7-2)16-23/h6-16,27-28H,1-2H2,3-5H3. The Morgan fingerprint density at radius 2 is 1.14 bits per heavy atom. The number of rotatable bonds is 5. The Morgan fingerprint density at radius 3 is 1.54 bits per heavy atom. The van der Waals surface area contributed by atoms with Gasteiger partial charge < -0.3 is 10.2 Å². The summed E-state index contributed by atoms with van der Waals surface area (Å²) in [4.78, 5) is 0. The van der Waals surface area contributed by atoms with Crippen molar-refractivity contribution < 1.29 is 10.2 Å². The quantitative estimate of drug-likeness (QED) is 0.513. The Bertz CT molecular complexity index is 982.